The summed E-state index contributed by atoms with van der Waals surface area (Å²) in [5, 5.41) is 18.9. The van der Waals surface area contributed by atoms with Gasteiger partial charge in [-0.1, -0.05) is 42.1 Å². The fourth-order valence-electron chi connectivity index (χ4n) is 3.27. The summed E-state index contributed by atoms with van der Waals surface area (Å²) in [4.78, 5) is 42.3. The van der Waals surface area contributed by atoms with Crippen LogP contribution in [0.4, 0.5) is 0 Å². The molecule has 1 aromatic carbocycles. The predicted octanol–water partition coefficient (Wildman–Crippen LogP) is 0.335. The SMILES string of the molecule is N[C@@H](C(=O)NC1C(=O)N2C(C(=O)O)=C(CSc3ncn[nH]3)CS[C@H]12)c1ccccc1. The van der Waals surface area contributed by atoms with E-state index in [1.807, 2.05) is 6.07 Å². The van der Waals surface area contributed by atoms with E-state index in [0.717, 1.165) is 0 Å². The summed E-state index contributed by atoms with van der Waals surface area (Å²) in [6, 6.07) is 7.12. The summed E-state index contributed by atoms with van der Waals surface area (Å²) in [5.41, 5.74) is 7.21. The van der Waals surface area contributed by atoms with Gasteiger partial charge in [-0.15, -0.1) is 11.8 Å². The molecule has 156 valence electrons. The van der Waals surface area contributed by atoms with E-state index < -0.39 is 35.2 Å². The molecule has 0 bridgehead atoms. The molecule has 1 aromatic heterocycles. The smallest absolute Gasteiger partial charge is 0.352 e. The number of H-pyrrole nitrogens is 1. The molecule has 2 aliphatic rings. The van der Waals surface area contributed by atoms with Crippen molar-refractivity contribution in [2.75, 3.05) is 11.5 Å². The number of carbonyl (C=O) groups is 3. The van der Waals surface area contributed by atoms with Gasteiger partial charge in [-0.05, 0) is 11.1 Å². The Morgan fingerprint density at radius 3 is 2.83 bits per heavy atom. The number of aliphatic carboxylic acids is 1. The quantitative estimate of drug-likeness (QED) is 0.348. The number of nitrogens with zero attached hydrogens (tertiary/aromatic N) is 3. The van der Waals surface area contributed by atoms with Gasteiger partial charge in [-0.3, -0.25) is 19.6 Å². The third-order valence-electron chi connectivity index (χ3n) is 4.76. The normalized spacial score (nSPS) is 21.6. The van der Waals surface area contributed by atoms with Crippen molar-refractivity contribution in [3.05, 3.63) is 53.5 Å². The van der Waals surface area contributed by atoms with Gasteiger partial charge in [0, 0.05) is 11.5 Å². The molecule has 10 nitrogen and oxygen atoms in total. The van der Waals surface area contributed by atoms with Crippen LogP contribution >= 0.6 is 23.5 Å². The second kappa shape index (κ2) is 8.50. The molecule has 30 heavy (non-hydrogen) atoms. The molecule has 2 amide bonds. The van der Waals surface area contributed by atoms with Gasteiger partial charge in [0.25, 0.3) is 5.91 Å². The molecular weight excluding hydrogens is 428 g/mol. The van der Waals surface area contributed by atoms with Gasteiger partial charge in [0.1, 0.15) is 29.5 Å². The topological polar surface area (TPSA) is 154 Å². The lowest BCUT2D eigenvalue weighted by molar-refractivity contribution is -0.150. The van der Waals surface area contributed by atoms with Crippen LogP contribution in [0.15, 0.2) is 53.1 Å². The van der Waals surface area contributed by atoms with E-state index in [1.54, 1.807) is 24.3 Å². The van der Waals surface area contributed by atoms with Crippen LogP contribution in [-0.4, -0.2) is 65.9 Å². The van der Waals surface area contributed by atoms with Crippen LogP contribution in [-0.2, 0) is 14.4 Å². The van der Waals surface area contributed by atoms with Crippen molar-refractivity contribution in [3.63, 3.8) is 0 Å². The van der Waals surface area contributed by atoms with Gasteiger partial charge in [0.05, 0.1) is 0 Å². The van der Waals surface area contributed by atoms with E-state index in [0.29, 0.717) is 27.8 Å². The Balaban J connectivity index is 1.46. The summed E-state index contributed by atoms with van der Waals surface area (Å²) in [6.07, 6.45) is 1.37. The number of nitrogens with two attached hydrogens (primary N) is 1. The number of hydrogen-bond donors (Lipinski definition) is 4. The van der Waals surface area contributed by atoms with Crippen molar-refractivity contribution in [2.24, 2.45) is 5.73 Å². The fraction of sp³-hybridized carbons (Fsp3) is 0.278. The lowest BCUT2D eigenvalue weighted by Gasteiger charge is -2.49. The lowest BCUT2D eigenvalue weighted by Crippen LogP contribution is -2.71. The first-order valence-electron chi connectivity index (χ1n) is 8.96. The average molecular weight is 447 g/mol. The number of aromatic nitrogens is 3. The van der Waals surface area contributed by atoms with Crippen LogP contribution in [0.5, 0.6) is 0 Å². The van der Waals surface area contributed by atoms with Crippen LogP contribution in [0.25, 0.3) is 0 Å². The summed E-state index contributed by atoms with van der Waals surface area (Å²) >= 11 is 2.72. The highest BCUT2D eigenvalue weighted by molar-refractivity contribution is 8.01. The van der Waals surface area contributed by atoms with Crippen LogP contribution in [0.1, 0.15) is 11.6 Å². The fourth-order valence-corrected chi connectivity index (χ4v) is 5.53. The number of hydrogen-bond acceptors (Lipinski definition) is 8. The third-order valence-corrected chi connectivity index (χ3v) is 7.07. The maximum atomic E-state index is 12.7. The van der Waals surface area contributed by atoms with E-state index >= 15 is 0 Å². The van der Waals surface area contributed by atoms with E-state index in [9.17, 15) is 19.5 Å². The molecule has 0 radical (unpaired) electrons. The number of rotatable bonds is 7. The zero-order valence-electron chi connectivity index (χ0n) is 15.5. The highest BCUT2D eigenvalue weighted by Gasteiger charge is 2.54. The van der Waals surface area contributed by atoms with Crippen molar-refractivity contribution in [3.8, 4) is 0 Å². The number of benzene rings is 1. The van der Waals surface area contributed by atoms with E-state index in [4.69, 9.17) is 5.73 Å². The Morgan fingerprint density at radius 1 is 1.40 bits per heavy atom. The number of carboxylic acids is 1. The van der Waals surface area contributed by atoms with E-state index in [1.165, 1.54) is 34.8 Å². The van der Waals surface area contributed by atoms with Gasteiger partial charge in [-0.25, -0.2) is 9.78 Å². The minimum atomic E-state index is -1.17. The summed E-state index contributed by atoms with van der Waals surface area (Å²) < 4.78 is 0. The van der Waals surface area contributed by atoms with E-state index in [2.05, 4.69) is 20.5 Å². The maximum Gasteiger partial charge on any atom is 0.352 e. The molecule has 1 saturated heterocycles. The standard InChI is InChI=1S/C18H18N6O4S2/c19-11(9-4-2-1-3-5-9)14(25)22-12-15(26)24-13(17(27)28)10(6-29-16(12)24)7-30-18-20-8-21-23-18/h1-5,8,11-12,16H,6-7,19H2,(H,22,25)(H,27,28)(H,20,21,23)/t11-,12?,16-/m1/s1. The molecule has 2 aliphatic heterocycles. The Morgan fingerprint density at radius 2 is 2.17 bits per heavy atom. The second-order valence-electron chi connectivity index (χ2n) is 6.62. The number of β-lactam (4-membered cyclic amide) rings is 1. The minimum Gasteiger partial charge on any atom is -0.477 e. The molecule has 5 N–H and O–H groups in total. The maximum absolute atomic E-state index is 12.7. The van der Waals surface area contributed by atoms with Crippen LogP contribution < -0.4 is 11.1 Å². The molecule has 1 unspecified atom stereocenters. The predicted molar refractivity (Wildman–Crippen MR) is 110 cm³/mol. The summed E-state index contributed by atoms with van der Waals surface area (Å²) in [7, 11) is 0. The highest BCUT2D eigenvalue weighted by atomic mass is 32.2. The first-order valence-corrected chi connectivity index (χ1v) is 11.0. The highest BCUT2D eigenvalue weighted by Crippen LogP contribution is 2.41. The minimum absolute atomic E-state index is 0.0337. The number of fused-ring (bicyclic) bond motifs is 1. The zero-order valence-corrected chi connectivity index (χ0v) is 17.2. The average Bonchev–Trinajstić information content (AvgIpc) is 3.28. The summed E-state index contributed by atoms with van der Waals surface area (Å²) in [5.74, 6) is -1.33. The van der Waals surface area contributed by atoms with Crippen molar-refractivity contribution < 1.29 is 19.5 Å². The Hall–Kier alpha value is -2.83. The third kappa shape index (κ3) is 3.80. The van der Waals surface area contributed by atoms with Crippen LogP contribution in [0, 0.1) is 0 Å². The Labute approximate surface area is 179 Å². The molecule has 0 aliphatic carbocycles. The van der Waals surface area contributed by atoms with E-state index in [-0.39, 0.29) is 5.70 Å². The van der Waals surface area contributed by atoms with Crippen molar-refractivity contribution >= 4 is 41.3 Å². The molecule has 4 rings (SSSR count). The molecular formula is C18H18N6O4S2. The van der Waals surface area contributed by atoms with Crippen LogP contribution in [0.2, 0.25) is 0 Å². The van der Waals surface area contributed by atoms with Gasteiger partial charge >= 0.3 is 5.97 Å². The molecule has 12 heteroatoms. The Bertz CT molecular complexity index is 997. The first kappa shape index (κ1) is 20.4. The number of nitrogens with one attached hydrogen (secondary N) is 2. The van der Waals surface area contributed by atoms with Crippen molar-refractivity contribution in [1.29, 1.82) is 0 Å². The number of thioether (sulfide) groups is 2. The number of aromatic amines is 1. The Kier molecular flexibility index (Phi) is 5.79. The van der Waals surface area contributed by atoms with Gasteiger partial charge in [0.2, 0.25) is 5.91 Å². The molecule has 2 aromatic rings. The number of carbonyl (C=O) groups excluding carboxylic acids is 2. The lowest BCUT2D eigenvalue weighted by atomic mass is 10.0. The molecule has 0 spiro atoms. The molecule has 0 saturated carbocycles. The summed E-state index contributed by atoms with van der Waals surface area (Å²) in [6.45, 7) is 0. The molecule has 3 heterocycles. The van der Waals surface area contributed by atoms with Gasteiger partial charge < -0.3 is 16.2 Å². The molecule has 3 atom stereocenters. The second-order valence-corrected chi connectivity index (χ2v) is 8.69. The van der Waals surface area contributed by atoms with Gasteiger partial charge in [0.15, 0.2) is 5.16 Å². The van der Waals surface area contributed by atoms with Crippen LogP contribution in [0.3, 0.4) is 0 Å². The first-order chi connectivity index (χ1) is 14.5. The zero-order chi connectivity index (χ0) is 21.3. The number of amides is 2. The molecule has 1 fully saturated rings. The monoisotopic (exact) mass is 446 g/mol. The van der Waals surface area contributed by atoms with Gasteiger partial charge in [-0.2, -0.15) is 5.10 Å². The van der Waals surface area contributed by atoms with Crippen molar-refractivity contribution in [1.82, 2.24) is 25.4 Å². The van der Waals surface area contributed by atoms with Crippen molar-refractivity contribution in [2.45, 2.75) is 22.6 Å². The number of carboxylic acid groups (broad SMARTS) is 1. The largest absolute Gasteiger partial charge is 0.477 e.